The van der Waals surface area contributed by atoms with Crippen molar-refractivity contribution >= 4 is 0 Å². The van der Waals surface area contributed by atoms with Gasteiger partial charge in [0.2, 0.25) is 0 Å². The zero-order valence-corrected chi connectivity index (χ0v) is 13.1. The minimum absolute atomic E-state index is 0.247. The number of benzene rings is 1. The van der Waals surface area contributed by atoms with Crippen molar-refractivity contribution in [3.05, 3.63) is 35.1 Å². The fourth-order valence-corrected chi connectivity index (χ4v) is 2.81. The van der Waals surface area contributed by atoms with E-state index in [1.807, 2.05) is 12.1 Å². The van der Waals surface area contributed by atoms with Crippen LogP contribution < -0.4 is 5.73 Å². The van der Waals surface area contributed by atoms with Crippen LogP contribution in [0.4, 0.5) is 4.39 Å². The number of hydrogen-bond donors (Lipinski definition) is 1. The molecule has 0 spiro atoms. The van der Waals surface area contributed by atoms with Gasteiger partial charge in [-0.25, -0.2) is 4.39 Å². The van der Waals surface area contributed by atoms with Gasteiger partial charge in [0, 0.05) is 31.7 Å². The first-order chi connectivity index (χ1) is 10.0. The Hall–Kier alpha value is -1.41. The monoisotopic (exact) mass is 289 g/mol. The van der Waals surface area contributed by atoms with Crippen molar-refractivity contribution in [3.8, 4) is 11.8 Å². The van der Waals surface area contributed by atoms with Crippen LogP contribution >= 0.6 is 0 Å². The predicted octanol–water partition coefficient (Wildman–Crippen LogP) is 1.66. The maximum atomic E-state index is 13.7. The first-order valence-corrected chi connectivity index (χ1v) is 7.43. The minimum atomic E-state index is -0.278. The van der Waals surface area contributed by atoms with Gasteiger partial charge in [0.25, 0.3) is 0 Å². The third-order valence-corrected chi connectivity index (χ3v) is 4.20. The first-order valence-electron chi connectivity index (χ1n) is 7.43. The molecule has 114 valence electrons. The van der Waals surface area contributed by atoms with E-state index < -0.39 is 0 Å². The normalized spacial score (nSPS) is 23.7. The minimum Gasteiger partial charge on any atom is -0.320 e. The SMILES string of the molecule is CC1CN(Cc2ccc(F)c(C#CCN)c2)CC(C)N1C. The Morgan fingerprint density at radius 2 is 1.95 bits per heavy atom. The fraction of sp³-hybridized carbons (Fsp3) is 0.529. The molecule has 1 fully saturated rings. The van der Waals surface area contributed by atoms with Gasteiger partial charge in [-0.05, 0) is 38.6 Å². The molecule has 4 heteroatoms. The average Bonchev–Trinajstić information content (AvgIpc) is 2.45. The maximum Gasteiger partial charge on any atom is 0.138 e. The van der Waals surface area contributed by atoms with Gasteiger partial charge in [0.15, 0.2) is 0 Å². The van der Waals surface area contributed by atoms with Gasteiger partial charge < -0.3 is 5.73 Å². The van der Waals surface area contributed by atoms with Crippen LogP contribution in [0.15, 0.2) is 18.2 Å². The number of nitrogens with zero attached hydrogens (tertiary/aromatic N) is 2. The van der Waals surface area contributed by atoms with E-state index >= 15 is 0 Å². The highest BCUT2D eigenvalue weighted by atomic mass is 19.1. The summed E-state index contributed by atoms with van der Waals surface area (Å²) >= 11 is 0. The number of hydrogen-bond acceptors (Lipinski definition) is 3. The van der Waals surface area contributed by atoms with Crippen LogP contribution in [0.1, 0.15) is 25.0 Å². The van der Waals surface area contributed by atoms with E-state index in [1.165, 1.54) is 6.07 Å². The summed E-state index contributed by atoms with van der Waals surface area (Å²) in [5.74, 6) is 5.23. The van der Waals surface area contributed by atoms with E-state index in [0.29, 0.717) is 17.6 Å². The van der Waals surface area contributed by atoms with Gasteiger partial charge in [-0.3, -0.25) is 9.80 Å². The highest BCUT2D eigenvalue weighted by Crippen LogP contribution is 2.17. The summed E-state index contributed by atoms with van der Waals surface area (Å²) in [4.78, 5) is 4.82. The molecule has 2 rings (SSSR count). The van der Waals surface area contributed by atoms with Crippen molar-refractivity contribution in [2.24, 2.45) is 5.73 Å². The van der Waals surface area contributed by atoms with Crippen LogP contribution in [-0.2, 0) is 6.54 Å². The van der Waals surface area contributed by atoms with Crippen LogP contribution in [0.2, 0.25) is 0 Å². The summed E-state index contributed by atoms with van der Waals surface area (Å²) in [6.45, 7) is 7.62. The molecule has 3 nitrogen and oxygen atoms in total. The van der Waals surface area contributed by atoms with Gasteiger partial charge in [0.1, 0.15) is 5.82 Å². The molecule has 0 radical (unpaired) electrons. The molecule has 0 aromatic heterocycles. The lowest BCUT2D eigenvalue weighted by Gasteiger charge is -2.42. The molecule has 1 saturated heterocycles. The van der Waals surface area contributed by atoms with Gasteiger partial charge in [-0.2, -0.15) is 0 Å². The Kier molecular flexibility index (Phi) is 5.35. The first kappa shape index (κ1) is 16.0. The van der Waals surface area contributed by atoms with E-state index in [9.17, 15) is 4.39 Å². The Labute approximate surface area is 126 Å². The average molecular weight is 289 g/mol. The number of piperazine rings is 1. The summed E-state index contributed by atoms with van der Waals surface area (Å²) in [5.41, 5.74) is 6.89. The smallest absolute Gasteiger partial charge is 0.138 e. The number of nitrogens with two attached hydrogens (primary N) is 1. The lowest BCUT2D eigenvalue weighted by atomic mass is 10.1. The predicted molar refractivity (Wildman–Crippen MR) is 84.3 cm³/mol. The third kappa shape index (κ3) is 4.04. The molecule has 2 unspecified atom stereocenters. The van der Waals surface area contributed by atoms with Gasteiger partial charge in [-0.15, -0.1) is 0 Å². The molecule has 0 saturated carbocycles. The molecule has 1 heterocycles. The Morgan fingerprint density at radius 1 is 1.29 bits per heavy atom. The molecule has 1 aromatic carbocycles. The van der Waals surface area contributed by atoms with Crippen LogP contribution in [0.5, 0.6) is 0 Å². The van der Waals surface area contributed by atoms with Crippen LogP contribution in [0.3, 0.4) is 0 Å². The number of likely N-dealkylation sites (N-methyl/N-ethyl adjacent to an activating group) is 1. The number of rotatable bonds is 2. The topological polar surface area (TPSA) is 32.5 Å². The second-order valence-corrected chi connectivity index (χ2v) is 5.88. The summed E-state index contributed by atoms with van der Waals surface area (Å²) < 4.78 is 13.7. The lowest BCUT2D eigenvalue weighted by molar-refractivity contribution is 0.0556. The van der Waals surface area contributed by atoms with Gasteiger partial charge >= 0.3 is 0 Å². The van der Waals surface area contributed by atoms with E-state index in [0.717, 1.165) is 25.2 Å². The largest absolute Gasteiger partial charge is 0.320 e. The van der Waals surface area contributed by atoms with Crippen LogP contribution in [-0.4, -0.2) is 48.6 Å². The van der Waals surface area contributed by atoms with Crippen molar-refractivity contribution in [2.45, 2.75) is 32.5 Å². The molecule has 2 atom stereocenters. The molecule has 2 N–H and O–H groups in total. The van der Waals surface area contributed by atoms with E-state index in [4.69, 9.17) is 5.73 Å². The Morgan fingerprint density at radius 3 is 2.57 bits per heavy atom. The lowest BCUT2D eigenvalue weighted by Crippen LogP contribution is -2.54. The summed E-state index contributed by atoms with van der Waals surface area (Å²) in [6.07, 6.45) is 0. The summed E-state index contributed by atoms with van der Waals surface area (Å²) in [5, 5.41) is 0. The van der Waals surface area contributed by atoms with E-state index in [1.54, 1.807) is 0 Å². The highest BCUT2D eigenvalue weighted by Gasteiger charge is 2.26. The van der Waals surface area contributed by atoms with Gasteiger partial charge in [0.05, 0.1) is 12.1 Å². The summed E-state index contributed by atoms with van der Waals surface area (Å²) in [6, 6.07) is 6.25. The zero-order chi connectivity index (χ0) is 15.4. The van der Waals surface area contributed by atoms with Crippen LogP contribution in [0, 0.1) is 17.7 Å². The van der Waals surface area contributed by atoms with Crippen molar-refractivity contribution in [1.29, 1.82) is 0 Å². The zero-order valence-electron chi connectivity index (χ0n) is 13.1. The standard InChI is InChI=1S/C17H24FN3/c1-13-10-21(11-14(2)20(13)3)12-15-6-7-17(18)16(9-15)5-4-8-19/h6-7,9,13-14H,8,10-12,19H2,1-3H3. The third-order valence-electron chi connectivity index (χ3n) is 4.20. The molecule has 0 bridgehead atoms. The number of halogens is 1. The van der Waals surface area contributed by atoms with Crippen molar-refractivity contribution in [1.82, 2.24) is 9.80 Å². The molecular formula is C17H24FN3. The van der Waals surface area contributed by atoms with E-state index in [-0.39, 0.29) is 12.4 Å². The molecule has 1 aliphatic heterocycles. The van der Waals surface area contributed by atoms with E-state index in [2.05, 4.69) is 42.5 Å². The quantitative estimate of drug-likeness (QED) is 0.841. The van der Waals surface area contributed by atoms with Crippen molar-refractivity contribution in [2.75, 3.05) is 26.7 Å². The second-order valence-electron chi connectivity index (χ2n) is 5.88. The molecular weight excluding hydrogens is 265 g/mol. The molecule has 1 aliphatic rings. The Balaban J connectivity index is 2.09. The molecule has 0 amide bonds. The van der Waals surface area contributed by atoms with Crippen molar-refractivity contribution < 1.29 is 4.39 Å². The molecule has 0 aliphatic carbocycles. The van der Waals surface area contributed by atoms with Gasteiger partial charge in [-0.1, -0.05) is 17.9 Å². The van der Waals surface area contributed by atoms with Crippen LogP contribution in [0.25, 0.3) is 0 Å². The summed E-state index contributed by atoms with van der Waals surface area (Å²) in [7, 11) is 2.17. The fourth-order valence-electron chi connectivity index (χ4n) is 2.81. The maximum absolute atomic E-state index is 13.7. The van der Waals surface area contributed by atoms with Crippen molar-refractivity contribution in [3.63, 3.8) is 0 Å². The molecule has 1 aromatic rings. The Bertz CT molecular complexity index is 535. The highest BCUT2D eigenvalue weighted by molar-refractivity contribution is 5.38. The molecule has 21 heavy (non-hydrogen) atoms. The second kappa shape index (κ2) is 7.04.